The minimum absolute atomic E-state index is 0.0769. The van der Waals surface area contributed by atoms with Crippen LogP contribution in [0.3, 0.4) is 0 Å². The Hall–Kier alpha value is -3.79. The van der Waals surface area contributed by atoms with Gasteiger partial charge in [-0.15, -0.1) is 0 Å². The number of nitrogens with one attached hydrogen (secondary N) is 2. The van der Waals surface area contributed by atoms with E-state index in [0.717, 1.165) is 0 Å². The third-order valence-electron chi connectivity index (χ3n) is 3.97. The molecule has 3 aromatic rings. The van der Waals surface area contributed by atoms with Crippen molar-refractivity contribution in [3.8, 4) is 22.9 Å². The highest BCUT2D eigenvalue weighted by atomic mass is 19.1. The molecule has 9 nitrogen and oxygen atoms in total. The lowest BCUT2D eigenvalue weighted by Crippen LogP contribution is -2.25. The highest BCUT2D eigenvalue weighted by molar-refractivity contribution is 5.91. The number of amides is 1. The number of ether oxygens (including phenoxy) is 2. The number of benzene rings is 1. The molecule has 1 amide bonds. The van der Waals surface area contributed by atoms with E-state index in [1.54, 1.807) is 6.92 Å². The highest BCUT2D eigenvalue weighted by Gasteiger charge is 2.13. The van der Waals surface area contributed by atoms with Gasteiger partial charge < -0.3 is 14.5 Å². The number of hydrogen-bond acceptors (Lipinski definition) is 7. The van der Waals surface area contributed by atoms with Gasteiger partial charge in [0.25, 0.3) is 5.91 Å². The van der Waals surface area contributed by atoms with Crippen LogP contribution in [0.2, 0.25) is 0 Å². The standard InChI is InChI=1S/C20H19FN4O5/c1-3-29-19-7-18(26)14(8-23-19)16-9-22-10-17(24-16)20(27)25-30-11-12-6-13(28-2)4-5-15(12)21/h4-10H,3,11H2,1-2H3,(H,23,26)(H,25,27). The fourth-order valence-corrected chi connectivity index (χ4v) is 2.52. The number of halogens is 1. The second-order valence-electron chi connectivity index (χ2n) is 5.97. The van der Waals surface area contributed by atoms with Crippen molar-refractivity contribution in [2.75, 3.05) is 13.7 Å². The van der Waals surface area contributed by atoms with Crippen LogP contribution in [0.25, 0.3) is 11.3 Å². The number of methoxy groups -OCH3 is 1. The minimum atomic E-state index is -0.699. The lowest BCUT2D eigenvalue weighted by molar-refractivity contribution is 0.0219. The van der Waals surface area contributed by atoms with E-state index in [2.05, 4.69) is 20.4 Å². The number of pyridine rings is 1. The predicted molar refractivity (Wildman–Crippen MR) is 104 cm³/mol. The van der Waals surface area contributed by atoms with Gasteiger partial charge in [-0.25, -0.2) is 14.9 Å². The van der Waals surface area contributed by atoms with E-state index in [9.17, 15) is 14.0 Å². The molecule has 156 valence electrons. The molecule has 0 aliphatic heterocycles. The fourth-order valence-electron chi connectivity index (χ4n) is 2.52. The second-order valence-corrected chi connectivity index (χ2v) is 5.97. The van der Waals surface area contributed by atoms with Gasteiger partial charge in [0.2, 0.25) is 0 Å². The number of aromatic nitrogens is 3. The molecule has 10 heteroatoms. The molecule has 2 aromatic heterocycles. The average molecular weight is 414 g/mol. The molecule has 0 atom stereocenters. The Bertz CT molecular complexity index is 1100. The summed E-state index contributed by atoms with van der Waals surface area (Å²) < 4.78 is 24.1. The third kappa shape index (κ3) is 4.97. The highest BCUT2D eigenvalue weighted by Crippen LogP contribution is 2.17. The first-order chi connectivity index (χ1) is 14.5. The van der Waals surface area contributed by atoms with Crippen LogP contribution in [0.5, 0.6) is 11.6 Å². The largest absolute Gasteiger partial charge is 0.497 e. The van der Waals surface area contributed by atoms with Crippen molar-refractivity contribution in [2.24, 2.45) is 0 Å². The summed E-state index contributed by atoms with van der Waals surface area (Å²) in [6.45, 7) is 1.98. The maximum atomic E-state index is 13.8. The van der Waals surface area contributed by atoms with Crippen LogP contribution < -0.4 is 20.4 Å². The van der Waals surface area contributed by atoms with E-state index in [-0.39, 0.29) is 34.6 Å². The van der Waals surface area contributed by atoms with E-state index in [4.69, 9.17) is 14.3 Å². The van der Waals surface area contributed by atoms with Crippen LogP contribution in [-0.2, 0) is 11.4 Å². The number of rotatable bonds is 8. The van der Waals surface area contributed by atoms with E-state index >= 15 is 0 Å². The van der Waals surface area contributed by atoms with Crippen molar-refractivity contribution in [3.05, 3.63) is 70.2 Å². The topological polar surface area (TPSA) is 115 Å². The van der Waals surface area contributed by atoms with Crippen LogP contribution >= 0.6 is 0 Å². The number of hydroxylamine groups is 1. The van der Waals surface area contributed by atoms with Crippen molar-refractivity contribution in [1.29, 1.82) is 0 Å². The molecule has 0 saturated heterocycles. The molecule has 0 unspecified atom stereocenters. The molecule has 3 rings (SSSR count). The Kier molecular flexibility index (Phi) is 6.71. The summed E-state index contributed by atoms with van der Waals surface area (Å²) in [5.41, 5.74) is 2.39. The van der Waals surface area contributed by atoms with Crippen molar-refractivity contribution in [1.82, 2.24) is 20.4 Å². The molecule has 0 aliphatic carbocycles. The minimum Gasteiger partial charge on any atom is -0.497 e. The Balaban J connectivity index is 1.69. The summed E-state index contributed by atoms with van der Waals surface area (Å²) in [5, 5.41) is 0. The Morgan fingerprint density at radius 3 is 2.83 bits per heavy atom. The number of H-pyrrole nitrogens is 1. The summed E-state index contributed by atoms with van der Waals surface area (Å²) in [6.07, 6.45) is 4.01. The average Bonchev–Trinajstić information content (AvgIpc) is 2.75. The third-order valence-corrected chi connectivity index (χ3v) is 3.97. The predicted octanol–water partition coefficient (Wildman–Crippen LogP) is 2.24. The number of nitrogens with zero attached hydrogens (tertiary/aromatic N) is 2. The molecule has 30 heavy (non-hydrogen) atoms. The molecule has 2 heterocycles. The van der Waals surface area contributed by atoms with Crippen LogP contribution in [0.1, 0.15) is 23.0 Å². The number of hydrogen-bond donors (Lipinski definition) is 2. The quantitative estimate of drug-likeness (QED) is 0.543. The molecule has 0 saturated carbocycles. The van der Waals surface area contributed by atoms with Gasteiger partial charge in [0.05, 0.1) is 37.4 Å². The maximum absolute atomic E-state index is 13.8. The first kappa shape index (κ1) is 20.9. The van der Waals surface area contributed by atoms with Gasteiger partial charge in [-0.05, 0) is 25.1 Å². The van der Waals surface area contributed by atoms with E-state index in [1.807, 2.05) is 0 Å². The number of aromatic amines is 1. The fraction of sp³-hybridized carbons (Fsp3) is 0.200. The Morgan fingerprint density at radius 2 is 2.10 bits per heavy atom. The molecule has 0 spiro atoms. The van der Waals surface area contributed by atoms with Gasteiger partial charge in [-0.3, -0.25) is 19.4 Å². The van der Waals surface area contributed by atoms with Crippen LogP contribution in [0, 0.1) is 5.82 Å². The van der Waals surface area contributed by atoms with Gasteiger partial charge in [0.15, 0.2) is 11.3 Å². The van der Waals surface area contributed by atoms with Crippen molar-refractivity contribution < 1.29 is 23.5 Å². The lowest BCUT2D eigenvalue weighted by Gasteiger charge is -2.09. The number of carbonyl (C=O) groups excluding carboxylic acids is 1. The van der Waals surface area contributed by atoms with Crippen molar-refractivity contribution >= 4 is 5.91 Å². The van der Waals surface area contributed by atoms with E-state index in [1.165, 1.54) is 50.0 Å². The smallest absolute Gasteiger partial charge is 0.295 e. The first-order valence-corrected chi connectivity index (χ1v) is 8.94. The summed E-state index contributed by atoms with van der Waals surface area (Å²) in [5.74, 6) is -0.414. The van der Waals surface area contributed by atoms with Crippen LogP contribution in [0.15, 0.2) is 47.7 Å². The summed E-state index contributed by atoms with van der Waals surface area (Å²) in [6, 6.07) is 5.46. The van der Waals surface area contributed by atoms with Crippen molar-refractivity contribution in [2.45, 2.75) is 13.5 Å². The molecular weight excluding hydrogens is 395 g/mol. The van der Waals surface area contributed by atoms with Crippen LogP contribution in [0.4, 0.5) is 4.39 Å². The molecular formula is C20H19FN4O5. The molecule has 1 aromatic carbocycles. The Morgan fingerprint density at radius 1 is 1.27 bits per heavy atom. The maximum Gasteiger partial charge on any atom is 0.295 e. The van der Waals surface area contributed by atoms with Gasteiger partial charge in [-0.2, -0.15) is 0 Å². The van der Waals surface area contributed by atoms with Gasteiger partial charge in [0, 0.05) is 17.8 Å². The normalized spacial score (nSPS) is 10.5. The lowest BCUT2D eigenvalue weighted by atomic mass is 10.2. The second kappa shape index (κ2) is 9.61. The summed E-state index contributed by atoms with van der Waals surface area (Å²) in [7, 11) is 1.46. The molecule has 2 N–H and O–H groups in total. The monoisotopic (exact) mass is 414 g/mol. The van der Waals surface area contributed by atoms with E-state index in [0.29, 0.717) is 18.2 Å². The first-order valence-electron chi connectivity index (χ1n) is 8.94. The molecule has 0 aliphatic rings. The molecule has 0 fully saturated rings. The molecule has 0 bridgehead atoms. The zero-order chi connectivity index (χ0) is 21.5. The van der Waals surface area contributed by atoms with Crippen molar-refractivity contribution in [3.63, 3.8) is 0 Å². The Labute approximate surface area is 170 Å². The number of carbonyl (C=O) groups is 1. The van der Waals surface area contributed by atoms with E-state index < -0.39 is 11.7 Å². The van der Waals surface area contributed by atoms with Gasteiger partial charge >= 0.3 is 0 Å². The van der Waals surface area contributed by atoms with Gasteiger partial charge in [0.1, 0.15) is 23.9 Å². The summed E-state index contributed by atoms with van der Waals surface area (Å²) >= 11 is 0. The van der Waals surface area contributed by atoms with Crippen LogP contribution in [-0.4, -0.2) is 34.6 Å². The SMILES string of the molecule is CCOc1cc(=O)c(-c2cncc(C(=O)NOCc3cc(OC)ccc3F)n2)c[nH]1. The van der Waals surface area contributed by atoms with Gasteiger partial charge in [-0.1, -0.05) is 0 Å². The molecule has 0 radical (unpaired) electrons. The zero-order valence-corrected chi connectivity index (χ0v) is 16.3. The zero-order valence-electron chi connectivity index (χ0n) is 16.3. The summed E-state index contributed by atoms with van der Waals surface area (Å²) in [4.78, 5) is 40.6.